The van der Waals surface area contributed by atoms with E-state index in [9.17, 15) is 14.9 Å². The fourth-order valence-electron chi connectivity index (χ4n) is 2.13. The first-order chi connectivity index (χ1) is 9.90. The molecule has 0 unspecified atom stereocenters. The zero-order valence-electron chi connectivity index (χ0n) is 11.6. The number of carboxylic acids is 1. The van der Waals surface area contributed by atoms with Crippen LogP contribution in [0.1, 0.15) is 23.2 Å². The molecule has 0 aliphatic heterocycles. The summed E-state index contributed by atoms with van der Waals surface area (Å²) in [5.74, 6) is -0.910. The summed E-state index contributed by atoms with van der Waals surface area (Å²) < 4.78 is 1.45. The minimum absolute atomic E-state index is 0.0122. The standard InChI is InChI=1S/C13H14N4O4/c1-8-3-5-11(17(20)21)9(2)13(8)16-7-10(14-15-16)4-6-12(18)19/h3,5,7H,4,6H2,1-2H3,(H,18,19). The van der Waals surface area contributed by atoms with Gasteiger partial charge in [-0.3, -0.25) is 14.9 Å². The fourth-order valence-corrected chi connectivity index (χ4v) is 2.13. The summed E-state index contributed by atoms with van der Waals surface area (Å²) >= 11 is 0. The van der Waals surface area contributed by atoms with Gasteiger partial charge in [0.15, 0.2) is 0 Å². The average molecular weight is 290 g/mol. The number of hydrogen-bond acceptors (Lipinski definition) is 5. The second kappa shape index (κ2) is 5.70. The van der Waals surface area contributed by atoms with Gasteiger partial charge in [0.2, 0.25) is 0 Å². The van der Waals surface area contributed by atoms with Gasteiger partial charge in [-0.15, -0.1) is 5.10 Å². The molecule has 110 valence electrons. The zero-order valence-corrected chi connectivity index (χ0v) is 11.6. The third kappa shape index (κ3) is 3.04. The topological polar surface area (TPSA) is 111 Å². The van der Waals surface area contributed by atoms with Gasteiger partial charge in [0, 0.05) is 12.5 Å². The molecule has 21 heavy (non-hydrogen) atoms. The predicted molar refractivity (Wildman–Crippen MR) is 73.4 cm³/mol. The Morgan fingerprint density at radius 2 is 2.14 bits per heavy atom. The molecule has 0 aliphatic rings. The van der Waals surface area contributed by atoms with Gasteiger partial charge in [0.1, 0.15) is 0 Å². The number of nitro benzene ring substituents is 1. The van der Waals surface area contributed by atoms with Crippen LogP contribution in [-0.2, 0) is 11.2 Å². The summed E-state index contributed by atoms with van der Waals surface area (Å²) in [6.45, 7) is 3.48. The molecule has 0 bridgehead atoms. The molecule has 1 aromatic heterocycles. The Morgan fingerprint density at radius 3 is 2.76 bits per heavy atom. The van der Waals surface area contributed by atoms with E-state index in [1.165, 1.54) is 10.7 Å². The molecule has 1 heterocycles. The minimum Gasteiger partial charge on any atom is -0.481 e. The molecule has 1 N–H and O–H groups in total. The molecule has 0 spiro atoms. The van der Waals surface area contributed by atoms with Crippen LogP contribution in [0.5, 0.6) is 0 Å². The van der Waals surface area contributed by atoms with Crippen molar-refractivity contribution in [3.8, 4) is 5.69 Å². The van der Waals surface area contributed by atoms with E-state index >= 15 is 0 Å². The second-order valence-electron chi connectivity index (χ2n) is 4.68. The number of nitro groups is 1. The fraction of sp³-hybridized carbons (Fsp3) is 0.308. The molecule has 8 heteroatoms. The predicted octanol–water partition coefficient (Wildman–Crippen LogP) is 1.81. The van der Waals surface area contributed by atoms with E-state index in [0.29, 0.717) is 16.9 Å². The van der Waals surface area contributed by atoms with Crippen LogP contribution in [0.15, 0.2) is 18.3 Å². The summed E-state index contributed by atoms with van der Waals surface area (Å²) in [5, 5.41) is 27.5. The molecular weight excluding hydrogens is 276 g/mol. The van der Waals surface area contributed by atoms with E-state index in [2.05, 4.69) is 10.3 Å². The Balaban J connectivity index is 2.40. The van der Waals surface area contributed by atoms with Gasteiger partial charge >= 0.3 is 5.97 Å². The SMILES string of the molecule is Cc1ccc([N+](=O)[O-])c(C)c1-n1cc(CCC(=O)O)nn1. The van der Waals surface area contributed by atoms with Crippen LogP contribution in [0.2, 0.25) is 0 Å². The van der Waals surface area contributed by atoms with Crippen LogP contribution in [0.3, 0.4) is 0 Å². The van der Waals surface area contributed by atoms with Crippen LogP contribution in [0.25, 0.3) is 5.69 Å². The Morgan fingerprint density at radius 1 is 1.43 bits per heavy atom. The Kier molecular flexibility index (Phi) is 3.97. The first-order valence-electron chi connectivity index (χ1n) is 6.28. The van der Waals surface area contributed by atoms with Crippen LogP contribution < -0.4 is 0 Å². The maximum atomic E-state index is 11.0. The van der Waals surface area contributed by atoms with Crippen LogP contribution in [0, 0.1) is 24.0 Å². The molecule has 0 radical (unpaired) electrons. The second-order valence-corrected chi connectivity index (χ2v) is 4.68. The summed E-state index contributed by atoms with van der Waals surface area (Å²) in [6.07, 6.45) is 1.83. The lowest BCUT2D eigenvalue weighted by Gasteiger charge is -2.09. The van der Waals surface area contributed by atoms with Crippen molar-refractivity contribution in [3.63, 3.8) is 0 Å². The lowest BCUT2D eigenvalue weighted by Crippen LogP contribution is -2.04. The average Bonchev–Trinajstić information content (AvgIpc) is 2.84. The van der Waals surface area contributed by atoms with Crippen molar-refractivity contribution in [1.82, 2.24) is 15.0 Å². The first-order valence-corrected chi connectivity index (χ1v) is 6.28. The number of aromatic nitrogens is 3. The molecule has 2 aromatic rings. The summed E-state index contributed by atoms with van der Waals surface area (Å²) in [4.78, 5) is 21.1. The van der Waals surface area contributed by atoms with E-state index in [1.807, 2.05) is 6.92 Å². The third-order valence-electron chi connectivity index (χ3n) is 3.17. The molecule has 0 atom stereocenters. The molecule has 0 aliphatic carbocycles. The maximum Gasteiger partial charge on any atom is 0.303 e. The van der Waals surface area contributed by atoms with Gasteiger partial charge in [-0.1, -0.05) is 11.3 Å². The third-order valence-corrected chi connectivity index (χ3v) is 3.17. The number of hydrogen-bond donors (Lipinski definition) is 1. The smallest absolute Gasteiger partial charge is 0.303 e. The molecule has 0 saturated heterocycles. The minimum atomic E-state index is -0.910. The molecular formula is C13H14N4O4. The van der Waals surface area contributed by atoms with E-state index in [1.54, 1.807) is 19.2 Å². The van der Waals surface area contributed by atoms with Crippen molar-refractivity contribution in [3.05, 3.63) is 45.3 Å². The largest absolute Gasteiger partial charge is 0.481 e. The first kappa shape index (κ1) is 14.6. The number of benzene rings is 1. The lowest BCUT2D eigenvalue weighted by molar-refractivity contribution is -0.385. The lowest BCUT2D eigenvalue weighted by atomic mass is 10.1. The normalized spacial score (nSPS) is 10.6. The highest BCUT2D eigenvalue weighted by Crippen LogP contribution is 2.27. The van der Waals surface area contributed by atoms with Crippen molar-refractivity contribution in [1.29, 1.82) is 0 Å². The molecule has 2 rings (SSSR count). The van der Waals surface area contributed by atoms with Crippen molar-refractivity contribution < 1.29 is 14.8 Å². The number of nitrogens with zero attached hydrogens (tertiary/aromatic N) is 4. The quantitative estimate of drug-likeness (QED) is 0.664. The van der Waals surface area contributed by atoms with Gasteiger partial charge in [0.25, 0.3) is 5.69 Å². The summed E-state index contributed by atoms with van der Waals surface area (Å²) in [5.41, 5.74) is 2.46. The number of aliphatic carboxylic acids is 1. The van der Waals surface area contributed by atoms with E-state index in [-0.39, 0.29) is 18.5 Å². The number of aryl methyl sites for hydroxylation is 2. The van der Waals surface area contributed by atoms with Crippen LogP contribution in [-0.4, -0.2) is 31.0 Å². The van der Waals surface area contributed by atoms with Crippen molar-refractivity contribution in [2.45, 2.75) is 26.7 Å². The zero-order chi connectivity index (χ0) is 15.6. The summed E-state index contributed by atoms with van der Waals surface area (Å²) in [6, 6.07) is 3.11. The molecule has 1 aromatic carbocycles. The highest BCUT2D eigenvalue weighted by atomic mass is 16.6. The van der Waals surface area contributed by atoms with Crippen molar-refractivity contribution in [2.24, 2.45) is 0 Å². The van der Waals surface area contributed by atoms with Crippen molar-refractivity contribution >= 4 is 11.7 Å². The highest BCUT2D eigenvalue weighted by Gasteiger charge is 2.18. The van der Waals surface area contributed by atoms with Gasteiger partial charge in [-0.05, 0) is 19.4 Å². The van der Waals surface area contributed by atoms with Gasteiger partial charge < -0.3 is 5.11 Å². The maximum absolute atomic E-state index is 11.0. The summed E-state index contributed by atoms with van der Waals surface area (Å²) in [7, 11) is 0. The van der Waals surface area contributed by atoms with E-state index in [0.717, 1.165) is 5.56 Å². The van der Waals surface area contributed by atoms with Crippen LogP contribution >= 0.6 is 0 Å². The molecule has 0 amide bonds. The van der Waals surface area contributed by atoms with Gasteiger partial charge in [0.05, 0.1) is 34.5 Å². The molecule has 0 saturated carbocycles. The Labute approximate surface area is 120 Å². The number of carbonyl (C=O) groups is 1. The molecule has 8 nitrogen and oxygen atoms in total. The molecule has 0 fully saturated rings. The highest BCUT2D eigenvalue weighted by molar-refractivity contribution is 5.67. The number of carboxylic acid groups (broad SMARTS) is 1. The monoisotopic (exact) mass is 290 g/mol. The van der Waals surface area contributed by atoms with Gasteiger partial charge in [-0.25, -0.2) is 4.68 Å². The Hall–Kier alpha value is -2.77. The van der Waals surface area contributed by atoms with Gasteiger partial charge in [-0.2, -0.15) is 0 Å². The van der Waals surface area contributed by atoms with E-state index < -0.39 is 10.9 Å². The van der Waals surface area contributed by atoms with Crippen molar-refractivity contribution in [2.75, 3.05) is 0 Å². The van der Waals surface area contributed by atoms with E-state index in [4.69, 9.17) is 5.11 Å². The number of rotatable bonds is 5. The Bertz CT molecular complexity index is 708. The van der Waals surface area contributed by atoms with Crippen LogP contribution in [0.4, 0.5) is 5.69 Å².